The molecule has 1 N–H and O–H groups in total. The summed E-state index contributed by atoms with van der Waals surface area (Å²) in [6.07, 6.45) is -0.0978. The summed E-state index contributed by atoms with van der Waals surface area (Å²) >= 11 is 3.07. The fourth-order valence-corrected chi connectivity index (χ4v) is 1.87. The average Bonchev–Trinajstić information content (AvgIpc) is 2.36. The Hall–Kier alpha value is -1.47. The van der Waals surface area contributed by atoms with Gasteiger partial charge in [-0.3, -0.25) is 14.9 Å². The normalized spacial score (nSPS) is 11.9. The van der Waals surface area contributed by atoms with E-state index >= 15 is 0 Å². The summed E-state index contributed by atoms with van der Waals surface area (Å²) in [6, 6.07) is 4.25. The van der Waals surface area contributed by atoms with E-state index in [0.29, 0.717) is 17.6 Å². The molecule has 1 amide bonds. The topological polar surface area (TPSA) is 81.5 Å². The first-order valence-electron chi connectivity index (χ1n) is 5.79. The summed E-state index contributed by atoms with van der Waals surface area (Å²) in [7, 11) is 0. The fraction of sp³-hybridized carbons (Fsp3) is 0.417. The molecule has 0 aromatic heterocycles. The van der Waals surface area contributed by atoms with Gasteiger partial charge < -0.3 is 10.1 Å². The molecule has 104 valence electrons. The van der Waals surface area contributed by atoms with E-state index in [1.165, 1.54) is 18.2 Å². The second-order valence-corrected chi connectivity index (χ2v) is 4.75. The van der Waals surface area contributed by atoms with Crippen molar-refractivity contribution in [3.05, 3.63) is 38.3 Å². The molecule has 0 aliphatic carbocycles. The largest absolute Gasteiger partial charge is 0.377 e. The van der Waals surface area contributed by atoms with Crippen LogP contribution in [0.3, 0.4) is 0 Å². The lowest BCUT2D eigenvalue weighted by atomic mass is 10.2. The molecule has 0 fully saturated rings. The van der Waals surface area contributed by atoms with Crippen molar-refractivity contribution in [2.24, 2.45) is 0 Å². The van der Waals surface area contributed by atoms with Gasteiger partial charge in [0.2, 0.25) is 0 Å². The summed E-state index contributed by atoms with van der Waals surface area (Å²) in [6.45, 7) is 4.64. The Bertz CT molecular complexity index is 479. The summed E-state index contributed by atoms with van der Waals surface area (Å²) in [5.74, 6) is -0.359. The molecular weight excluding hydrogens is 316 g/mol. The van der Waals surface area contributed by atoms with E-state index in [-0.39, 0.29) is 23.3 Å². The number of nitrogens with zero attached hydrogens (tertiary/aromatic N) is 1. The van der Waals surface area contributed by atoms with Crippen LogP contribution in [0.4, 0.5) is 5.69 Å². The maximum atomic E-state index is 11.8. The summed E-state index contributed by atoms with van der Waals surface area (Å²) in [4.78, 5) is 22.1. The number of carbonyl (C=O) groups excluding carboxylic acids is 1. The lowest BCUT2D eigenvalue weighted by Crippen LogP contribution is -2.32. The quantitative estimate of drug-likeness (QED) is 0.641. The van der Waals surface area contributed by atoms with Crippen LogP contribution in [0, 0.1) is 10.1 Å². The molecular formula is C12H15BrN2O4. The highest BCUT2D eigenvalue weighted by molar-refractivity contribution is 9.10. The number of benzene rings is 1. The molecule has 0 radical (unpaired) electrons. The van der Waals surface area contributed by atoms with Crippen LogP contribution in [0.1, 0.15) is 24.2 Å². The summed E-state index contributed by atoms with van der Waals surface area (Å²) < 4.78 is 5.62. The van der Waals surface area contributed by atoms with Gasteiger partial charge in [0.1, 0.15) is 0 Å². The first-order valence-corrected chi connectivity index (χ1v) is 6.58. The summed E-state index contributed by atoms with van der Waals surface area (Å²) in [5, 5.41) is 13.4. The molecule has 0 aliphatic rings. The predicted molar refractivity (Wildman–Crippen MR) is 74.2 cm³/mol. The number of nitrogens with one attached hydrogen (secondary N) is 1. The number of hydrogen-bond donors (Lipinski definition) is 1. The van der Waals surface area contributed by atoms with E-state index in [1.54, 1.807) is 0 Å². The number of amides is 1. The van der Waals surface area contributed by atoms with Crippen molar-refractivity contribution in [2.75, 3.05) is 13.2 Å². The van der Waals surface area contributed by atoms with E-state index in [1.807, 2.05) is 13.8 Å². The minimum Gasteiger partial charge on any atom is -0.377 e. The molecule has 0 bridgehead atoms. The number of ether oxygens (including phenoxy) is 1. The van der Waals surface area contributed by atoms with Crippen molar-refractivity contribution in [3.8, 4) is 0 Å². The minimum atomic E-state index is -0.538. The Kier molecular flexibility index (Phi) is 5.91. The Labute approximate surface area is 119 Å². The molecule has 1 atom stereocenters. The molecule has 0 aliphatic heterocycles. The van der Waals surface area contributed by atoms with Gasteiger partial charge in [0.05, 0.1) is 15.5 Å². The molecule has 6 nitrogen and oxygen atoms in total. The fourth-order valence-electron chi connectivity index (χ4n) is 1.48. The van der Waals surface area contributed by atoms with Crippen molar-refractivity contribution >= 4 is 27.5 Å². The van der Waals surface area contributed by atoms with Gasteiger partial charge in [-0.2, -0.15) is 0 Å². The third kappa shape index (κ3) is 4.60. The zero-order valence-electron chi connectivity index (χ0n) is 10.7. The predicted octanol–water partition coefficient (Wildman–Crippen LogP) is 2.51. The van der Waals surface area contributed by atoms with Crippen LogP contribution >= 0.6 is 15.9 Å². The van der Waals surface area contributed by atoms with Crippen LogP contribution in [-0.4, -0.2) is 30.1 Å². The monoisotopic (exact) mass is 330 g/mol. The van der Waals surface area contributed by atoms with Crippen molar-refractivity contribution in [1.29, 1.82) is 0 Å². The molecule has 0 saturated carbocycles. The number of halogens is 1. The average molecular weight is 331 g/mol. The van der Waals surface area contributed by atoms with Gasteiger partial charge in [0, 0.05) is 24.8 Å². The first kappa shape index (κ1) is 15.6. The SMILES string of the molecule is CCOC(C)CNC(=O)c1ccc(Br)c([N+](=O)[O-])c1. The number of rotatable bonds is 6. The Morgan fingerprint density at radius 3 is 2.84 bits per heavy atom. The number of nitro benzene ring substituents is 1. The summed E-state index contributed by atoms with van der Waals surface area (Å²) in [5.41, 5.74) is 0.115. The van der Waals surface area contributed by atoms with Gasteiger partial charge in [-0.25, -0.2) is 0 Å². The number of hydrogen-bond acceptors (Lipinski definition) is 4. The van der Waals surface area contributed by atoms with Gasteiger partial charge in [-0.1, -0.05) is 0 Å². The highest BCUT2D eigenvalue weighted by Gasteiger charge is 2.16. The van der Waals surface area contributed by atoms with Crippen molar-refractivity contribution in [3.63, 3.8) is 0 Å². The Morgan fingerprint density at radius 2 is 2.26 bits per heavy atom. The smallest absolute Gasteiger partial charge is 0.284 e. The van der Waals surface area contributed by atoms with Gasteiger partial charge in [-0.05, 0) is 41.9 Å². The van der Waals surface area contributed by atoms with E-state index in [4.69, 9.17) is 4.74 Å². The van der Waals surface area contributed by atoms with Gasteiger partial charge >= 0.3 is 0 Å². The third-order valence-corrected chi connectivity index (χ3v) is 3.08. The van der Waals surface area contributed by atoms with Crippen molar-refractivity contribution in [2.45, 2.75) is 20.0 Å². The van der Waals surface area contributed by atoms with Crippen molar-refractivity contribution in [1.82, 2.24) is 5.32 Å². The second-order valence-electron chi connectivity index (χ2n) is 3.90. The molecule has 1 unspecified atom stereocenters. The molecule has 0 saturated heterocycles. The number of carbonyl (C=O) groups is 1. The standard InChI is InChI=1S/C12H15BrN2O4/c1-3-19-8(2)7-14-12(16)9-4-5-10(13)11(6-9)15(17)18/h4-6,8H,3,7H2,1-2H3,(H,14,16). The maximum absolute atomic E-state index is 11.8. The third-order valence-electron chi connectivity index (χ3n) is 2.41. The van der Waals surface area contributed by atoms with Crippen LogP contribution in [0.25, 0.3) is 0 Å². The molecule has 0 spiro atoms. The second kappa shape index (κ2) is 7.20. The Balaban J connectivity index is 2.72. The minimum absolute atomic E-state index is 0.0978. The van der Waals surface area contributed by atoms with E-state index < -0.39 is 4.92 Å². The van der Waals surface area contributed by atoms with Gasteiger partial charge in [-0.15, -0.1) is 0 Å². The highest BCUT2D eigenvalue weighted by Crippen LogP contribution is 2.25. The number of nitro groups is 1. The van der Waals surface area contributed by atoms with E-state index in [2.05, 4.69) is 21.2 Å². The zero-order valence-corrected chi connectivity index (χ0v) is 12.3. The van der Waals surface area contributed by atoms with E-state index in [0.717, 1.165) is 0 Å². The molecule has 1 aromatic rings. The van der Waals surface area contributed by atoms with Crippen molar-refractivity contribution < 1.29 is 14.5 Å². The molecule has 1 rings (SSSR count). The molecule has 0 heterocycles. The highest BCUT2D eigenvalue weighted by atomic mass is 79.9. The van der Waals surface area contributed by atoms with Crippen LogP contribution in [0.15, 0.2) is 22.7 Å². The van der Waals surface area contributed by atoms with E-state index in [9.17, 15) is 14.9 Å². The molecule has 1 aromatic carbocycles. The Morgan fingerprint density at radius 1 is 1.58 bits per heavy atom. The zero-order chi connectivity index (χ0) is 14.4. The van der Waals surface area contributed by atoms with Gasteiger partial charge in [0.25, 0.3) is 11.6 Å². The lowest BCUT2D eigenvalue weighted by molar-refractivity contribution is -0.385. The van der Waals surface area contributed by atoms with Crippen LogP contribution < -0.4 is 5.32 Å². The molecule has 7 heteroatoms. The first-order chi connectivity index (χ1) is 8.95. The van der Waals surface area contributed by atoms with Crippen LogP contribution in [0.5, 0.6) is 0 Å². The lowest BCUT2D eigenvalue weighted by Gasteiger charge is -2.12. The van der Waals surface area contributed by atoms with Gasteiger partial charge in [0.15, 0.2) is 0 Å². The molecule has 19 heavy (non-hydrogen) atoms. The maximum Gasteiger partial charge on any atom is 0.284 e. The van der Waals surface area contributed by atoms with Crippen LogP contribution in [-0.2, 0) is 4.74 Å². The van der Waals surface area contributed by atoms with Crippen LogP contribution in [0.2, 0.25) is 0 Å².